The predicted octanol–water partition coefficient (Wildman–Crippen LogP) is 3.40. The summed E-state index contributed by atoms with van der Waals surface area (Å²) >= 11 is 0. The third-order valence-corrected chi connectivity index (χ3v) is 3.89. The average Bonchev–Trinajstić information content (AvgIpc) is 2.28. The lowest BCUT2D eigenvalue weighted by atomic mass is 9.79. The maximum Gasteiger partial charge on any atom is 0.164 e. The minimum Gasteiger partial charge on any atom is -0.367 e. The lowest BCUT2D eigenvalue weighted by molar-refractivity contribution is -0.0623. The van der Waals surface area contributed by atoms with E-state index in [1.54, 1.807) is 0 Å². The van der Waals surface area contributed by atoms with Gasteiger partial charge in [0, 0.05) is 13.1 Å². The van der Waals surface area contributed by atoms with Crippen molar-refractivity contribution in [3.63, 3.8) is 0 Å². The number of aliphatic hydroxyl groups is 2. The van der Waals surface area contributed by atoms with E-state index >= 15 is 0 Å². The predicted molar refractivity (Wildman–Crippen MR) is 82.1 cm³/mol. The van der Waals surface area contributed by atoms with E-state index in [9.17, 15) is 0 Å². The maximum atomic E-state index is 9.06. The van der Waals surface area contributed by atoms with Crippen molar-refractivity contribution in [1.29, 1.82) is 0 Å². The Morgan fingerprint density at radius 3 is 1.79 bits per heavy atom. The van der Waals surface area contributed by atoms with E-state index in [1.165, 1.54) is 51.4 Å². The number of hydrogen-bond donors (Lipinski definition) is 2. The van der Waals surface area contributed by atoms with Crippen LogP contribution in [-0.4, -0.2) is 41.5 Å². The second-order valence-corrected chi connectivity index (χ2v) is 6.40. The van der Waals surface area contributed by atoms with Crippen molar-refractivity contribution in [2.24, 2.45) is 5.41 Å². The van der Waals surface area contributed by atoms with Gasteiger partial charge in [0.2, 0.25) is 0 Å². The summed E-state index contributed by atoms with van der Waals surface area (Å²) < 4.78 is 0. The lowest BCUT2D eigenvalue weighted by Gasteiger charge is -2.34. The summed E-state index contributed by atoms with van der Waals surface area (Å²) in [4.78, 5) is 2.06. The zero-order chi connectivity index (χ0) is 14.7. The van der Waals surface area contributed by atoms with E-state index in [1.807, 2.05) is 7.05 Å². The van der Waals surface area contributed by atoms with Crippen molar-refractivity contribution in [2.45, 2.75) is 78.4 Å². The van der Waals surface area contributed by atoms with Gasteiger partial charge in [-0.2, -0.15) is 0 Å². The van der Waals surface area contributed by atoms with Gasteiger partial charge in [-0.25, -0.2) is 0 Å². The van der Waals surface area contributed by atoms with Gasteiger partial charge in [0.25, 0.3) is 0 Å². The van der Waals surface area contributed by atoms with Crippen LogP contribution in [0, 0.1) is 5.41 Å². The highest BCUT2D eigenvalue weighted by atomic mass is 16.5. The van der Waals surface area contributed by atoms with Gasteiger partial charge in [0.1, 0.15) is 0 Å². The van der Waals surface area contributed by atoms with Crippen molar-refractivity contribution in [3.05, 3.63) is 0 Å². The molecule has 0 unspecified atom stereocenters. The Bertz CT molecular complexity index is 197. The molecule has 3 heteroatoms. The molecule has 0 amide bonds. The third-order valence-electron chi connectivity index (χ3n) is 3.89. The first kappa shape index (κ1) is 18.9. The highest BCUT2D eigenvalue weighted by molar-refractivity contribution is 4.78. The summed E-state index contributed by atoms with van der Waals surface area (Å²) in [5.74, 6) is 0. The summed E-state index contributed by atoms with van der Waals surface area (Å²) in [5, 5.41) is 18.1. The first-order valence-electron chi connectivity index (χ1n) is 7.98. The molecule has 0 saturated heterocycles. The van der Waals surface area contributed by atoms with Gasteiger partial charge in [-0.05, 0) is 25.3 Å². The molecule has 0 bridgehead atoms. The van der Waals surface area contributed by atoms with Crippen LogP contribution in [0.4, 0.5) is 0 Å². The zero-order valence-corrected chi connectivity index (χ0v) is 13.5. The van der Waals surface area contributed by atoms with Crippen molar-refractivity contribution < 1.29 is 10.2 Å². The molecule has 0 heterocycles. The Hall–Kier alpha value is -0.120. The van der Waals surface area contributed by atoms with Crippen LogP contribution >= 0.6 is 0 Å². The average molecular weight is 273 g/mol. The van der Waals surface area contributed by atoms with Crippen molar-refractivity contribution in [1.82, 2.24) is 4.90 Å². The van der Waals surface area contributed by atoms with E-state index in [-0.39, 0.29) is 0 Å². The Morgan fingerprint density at radius 2 is 1.42 bits per heavy atom. The largest absolute Gasteiger partial charge is 0.367 e. The fourth-order valence-electron chi connectivity index (χ4n) is 2.88. The van der Waals surface area contributed by atoms with Crippen molar-refractivity contribution in [3.8, 4) is 0 Å². The Morgan fingerprint density at radius 1 is 0.947 bits per heavy atom. The molecule has 0 aliphatic rings. The number of likely N-dealkylation sites (N-methyl/N-ethyl adjacent to an activating group) is 1. The highest BCUT2D eigenvalue weighted by Gasteiger charge is 2.25. The highest BCUT2D eigenvalue weighted by Crippen LogP contribution is 2.32. The molecule has 0 aromatic rings. The summed E-state index contributed by atoms with van der Waals surface area (Å²) in [6.45, 7) is 8.14. The molecule has 3 nitrogen and oxygen atoms in total. The van der Waals surface area contributed by atoms with Crippen molar-refractivity contribution >= 4 is 0 Å². The zero-order valence-electron chi connectivity index (χ0n) is 13.5. The minimum absolute atomic E-state index is 0.313. The molecule has 19 heavy (non-hydrogen) atoms. The molecule has 0 spiro atoms. The van der Waals surface area contributed by atoms with Gasteiger partial charge >= 0.3 is 0 Å². The quantitative estimate of drug-likeness (QED) is 0.423. The molecule has 0 aromatic heterocycles. The number of rotatable bonds is 12. The number of aliphatic hydroxyl groups excluding tert-OH is 1. The van der Waals surface area contributed by atoms with Gasteiger partial charge in [0.15, 0.2) is 6.29 Å². The van der Waals surface area contributed by atoms with Gasteiger partial charge in [-0.1, -0.05) is 59.3 Å². The summed E-state index contributed by atoms with van der Waals surface area (Å²) in [6, 6.07) is 0. The van der Waals surface area contributed by atoms with Crippen LogP contribution in [-0.2, 0) is 0 Å². The fourth-order valence-corrected chi connectivity index (χ4v) is 2.88. The second-order valence-electron chi connectivity index (χ2n) is 6.40. The molecule has 0 aromatic carbocycles. The normalized spacial score (nSPS) is 12.6. The standard InChI is InChI=1S/C16H35NO2/c1-5-7-9-11-16(3,12-10-8-6-2)14-17(4)13-15(18)19/h15,18-19H,5-14H2,1-4H3. The molecule has 0 radical (unpaired) electrons. The molecule has 0 fully saturated rings. The van der Waals surface area contributed by atoms with Crippen LogP contribution in [0.1, 0.15) is 72.1 Å². The summed E-state index contributed by atoms with van der Waals surface area (Å²) in [5.41, 5.74) is 0.313. The monoisotopic (exact) mass is 273 g/mol. The first-order valence-corrected chi connectivity index (χ1v) is 7.98. The van der Waals surface area contributed by atoms with Gasteiger partial charge in [-0.15, -0.1) is 0 Å². The van der Waals surface area contributed by atoms with Crippen LogP contribution in [0.25, 0.3) is 0 Å². The molecule has 0 aliphatic heterocycles. The minimum atomic E-state index is -1.22. The first-order chi connectivity index (χ1) is 8.93. The fraction of sp³-hybridized carbons (Fsp3) is 1.00. The van der Waals surface area contributed by atoms with Gasteiger partial charge in [-0.3, -0.25) is 0 Å². The van der Waals surface area contributed by atoms with E-state index in [0.29, 0.717) is 12.0 Å². The van der Waals surface area contributed by atoms with Crippen LogP contribution in [0.5, 0.6) is 0 Å². The number of unbranched alkanes of at least 4 members (excludes halogenated alkanes) is 4. The summed E-state index contributed by atoms with van der Waals surface area (Å²) in [7, 11) is 1.98. The molecular formula is C16H35NO2. The van der Waals surface area contributed by atoms with Crippen LogP contribution in [0.15, 0.2) is 0 Å². The summed E-state index contributed by atoms with van der Waals surface area (Å²) in [6.07, 6.45) is 8.97. The maximum absolute atomic E-state index is 9.06. The Balaban J connectivity index is 4.28. The molecule has 0 saturated carbocycles. The molecule has 116 valence electrons. The van der Waals surface area contributed by atoms with Crippen molar-refractivity contribution in [2.75, 3.05) is 20.1 Å². The van der Waals surface area contributed by atoms with E-state index in [0.717, 1.165) is 6.54 Å². The number of hydrogen-bond acceptors (Lipinski definition) is 3. The molecular weight excluding hydrogens is 238 g/mol. The van der Waals surface area contributed by atoms with Crippen LogP contribution in [0.3, 0.4) is 0 Å². The topological polar surface area (TPSA) is 43.7 Å². The molecule has 2 N–H and O–H groups in total. The third kappa shape index (κ3) is 10.3. The van der Waals surface area contributed by atoms with Gasteiger partial charge in [0.05, 0.1) is 0 Å². The second kappa shape index (κ2) is 10.6. The smallest absolute Gasteiger partial charge is 0.164 e. The lowest BCUT2D eigenvalue weighted by Crippen LogP contribution is -2.38. The Labute approximate surface area is 120 Å². The van der Waals surface area contributed by atoms with Gasteiger partial charge < -0.3 is 15.1 Å². The SMILES string of the molecule is CCCCCC(C)(CCCCC)CN(C)CC(O)O. The van der Waals surface area contributed by atoms with Crippen LogP contribution < -0.4 is 0 Å². The Kier molecular flexibility index (Phi) is 10.6. The number of nitrogens with zero attached hydrogens (tertiary/aromatic N) is 1. The van der Waals surface area contributed by atoms with Crippen LogP contribution in [0.2, 0.25) is 0 Å². The molecule has 0 atom stereocenters. The van der Waals surface area contributed by atoms with E-state index in [2.05, 4.69) is 25.7 Å². The molecule has 0 rings (SSSR count). The van der Waals surface area contributed by atoms with E-state index in [4.69, 9.17) is 10.2 Å². The van der Waals surface area contributed by atoms with E-state index < -0.39 is 6.29 Å². The molecule has 0 aliphatic carbocycles.